The average Bonchev–Trinajstić information content (AvgIpc) is 2.34. The Kier molecular flexibility index (Phi) is 4.97. The van der Waals surface area contributed by atoms with Crippen LogP contribution in [0.25, 0.3) is 0 Å². The van der Waals surface area contributed by atoms with Crippen molar-refractivity contribution in [2.75, 3.05) is 0 Å². The van der Waals surface area contributed by atoms with Gasteiger partial charge in [0.2, 0.25) is 5.91 Å². The van der Waals surface area contributed by atoms with Gasteiger partial charge in [-0.1, -0.05) is 0 Å². The second kappa shape index (κ2) is 6.25. The number of hydrogen-bond donors (Lipinski definition) is 6. The molecule has 9 heteroatoms. The van der Waals surface area contributed by atoms with Crippen LogP contribution in [0.5, 0.6) is 0 Å². The summed E-state index contributed by atoms with van der Waals surface area (Å²) in [6, 6.07) is 0. The van der Waals surface area contributed by atoms with Crippen LogP contribution in [0, 0.1) is 0 Å². The van der Waals surface area contributed by atoms with Crippen LogP contribution in [0.1, 0.15) is 8.27 Å². The van der Waals surface area contributed by atoms with E-state index in [4.69, 9.17) is 16.7 Å². The fourth-order valence-corrected chi connectivity index (χ4v) is 0.886. The molecule has 0 aliphatic rings. The molecule has 0 aromatic heterocycles. The average molecular weight is 252 g/mol. The number of amides is 2. The van der Waals surface area contributed by atoms with Crippen molar-refractivity contribution in [3.8, 4) is 0 Å². The molecular weight excluding hydrogens is 238 g/mol. The summed E-state index contributed by atoms with van der Waals surface area (Å²) in [7, 11) is 0. The number of hydrogen-bond acceptors (Lipinski definition) is 7. The second-order valence-electron chi connectivity index (χ2n) is 3.12. The van der Waals surface area contributed by atoms with Gasteiger partial charge in [0.1, 0.15) is 12.2 Å². The van der Waals surface area contributed by atoms with Gasteiger partial charge in [0, 0.05) is 8.27 Å². The molecule has 0 aliphatic carbocycles. The third-order valence-corrected chi connectivity index (χ3v) is 1.78. The quantitative estimate of drug-likeness (QED) is 0.289. The number of rotatable bonds is 5. The third-order valence-electron chi connectivity index (χ3n) is 1.78. The Labute approximate surface area is 96.7 Å². The maximum Gasteiger partial charge on any atom is 0.335 e. The van der Waals surface area contributed by atoms with Crippen molar-refractivity contribution in [2.45, 2.75) is 31.3 Å². The molecule has 2 amide bonds. The van der Waals surface area contributed by atoms with Crippen molar-refractivity contribution in [2.24, 2.45) is 0 Å². The van der Waals surface area contributed by atoms with E-state index in [1.165, 1.54) is 5.32 Å². The first kappa shape index (κ1) is 13.5. The number of carboxylic acid groups (broad SMARTS) is 1. The lowest BCUT2D eigenvalue weighted by molar-refractivity contribution is -0.166. The molecule has 0 saturated heterocycles. The van der Waals surface area contributed by atoms with E-state index < -0.39 is 49.1 Å². The molecule has 0 saturated carbocycles. The number of aliphatic carboxylic acids is 1. The summed E-state index contributed by atoms with van der Waals surface area (Å²) < 4.78 is 6.58. The van der Waals surface area contributed by atoms with Crippen LogP contribution in [0.3, 0.4) is 0 Å². The van der Waals surface area contributed by atoms with Gasteiger partial charge in [0.05, 0.1) is 0 Å². The molecule has 0 bridgehead atoms. The van der Waals surface area contributed by atoms with E-state index in [2.05, 4.69) is 0 Å². The van der Waals surface area contributed by atoms with Crippen LogP contribution < -0.4 is 5.32 Å². The molecule has 0 spiro atoms. The number of carbonyl (C=O) groups is 3. The SMILES string of the molecule is [2H]CC(=O)NC(=O)[C@@H](O)[C@@H](O)[C@H](O)[C@H](O)C(=O)O. The van der Waals surface area contributed by atoms with Crippen molar-refractivity contribution in [3.63, 3.8) is 0 Å². The van der Waals surface area contributed by atoms with Gasteiger partial charge >= 0.3 is 5.97 Å². The Balaban J connectivity index is 4.58. The molecule has 0 heterocycles. The standard InChI is InChI=1S/C8H13NO8/c1-2(10)9-7(15)5(13)3(11)4(12)6(14)8(16)17/h3-6,11-14H,1H3,(H,16,17)(H,9,10,15)/t3-,4-,5-,6-/m0/s1/i1D. The summed E-state index contributed by atoms with van der Waals surface area (Å²) in [5.41, 5.74) is 0. The predicted molar refractivity (Wildman–Crippen MR) is 50.5 cm³/mol. The first-order valence-electron chi connectivity index (χ1n) is 5.01. The van der Waals surface area contributed by atoms with Gasteiger partial charge in [-0.3, -0.25) is 14.9 Å². The smallest absolute Gasteiger partial charge is 0.335 e. The molecule has 4 atom stereocenters. The van der Waals surface area contributed by atoms with Gasteiger partial charge in [0.15, 0.2) is 12.2 Å². The van der Waals surface area contributed by atoms with E-state index in [1.807, 2.05) is 0 Å². The van der Waals surface area contributed by atoms with Crippen LogP contribution in [0.4, 0.5) is 0 Å². The Hall–Kier alpha value is -1.55. The minimum Gasteiger partial charge on any atom is -0.479 e. The fourth-order valence-electron chi connectivity index (χ4n) is 0.886. The lowest BCUT2D eigenvalue weighted by atomic mass is 10.0. The van der Waals surface area contributed by atoms with Crippen LogP contribution >= 0.6 is 0 Å². The Morgan fingerprint density at radius 2 is 1.53 bits per heavy atom. The highest BCUT2D eigenvalue weighted by Gasteiger charge is 2.37. The number of carbonyl (C=O) groups excluding carboxylic acids is 2. The molecule has 0 aliphatic heterocycles. The topological polar surface area (TPSA) is 164 Å². The summed E-state index contributed by atoms with van der Waals surface area (Å²) >= 11 is 0. The molecule has 0 unspecified atom stereocenters. The lowest BCUT2D eigenvalue weighted by Gasteiger charge is -2.23. The first-order chi connectivity index (χ1) is 8.22. The highest BCUT2D eigenvalue weighted by atomic mass is 16.4. The predicted octanol–water partition coefficient (Wildman–Crippen LogP) is -3.82. The van der Waals surface area contributed by atoms with Crippen molar-refractivity contribution in [3.05, 3.63) is 0 Å². The zero-order valence-corrected chi connectivity index (χ0v) is 8.48. The van der Waals surface area contributed by atoms with Crippen LogP contribution in [-0.2, 0) is 14.4 Å². The molecule has 0 radical (unpaired) electrons. The highest BCUT2D eigenvalue weighted by molar-refractivity contribution is 5.96. The molecular formula is C8H13NO8. The van der Waals surface area contributed by atoms with Crippen molar-refractivity contribution < 1.29 is 41.3 Å². The molecule has 0 rings (SSSR count). The number of aliphatic hydroxyl groups is 4. The van der Waals surface area contributed by atoms with Gasteiger partial charge in [-0.05, 0) is 0 Å². The van der Waals surface area contributed by atoms with E-state index in [-0.39, 0.29) is 0 Å². The molecule has 9 nitrogen and oxygen atoms in total. The highest BCUT2D eigenvalue weighted by Crippen LogP contribution is 2.05. The molecule has 6 N–H and O–H groups in total. The van der Waals surface area contributed by atoms with E-state index >= 15 is 0 Å². The largest absolute Gasteiger partial charge is 0.479 e. The number of nitrogens with one attached hydrogen (secondary N) is 1. The van der Waals surface area contributed by atoms with Gasteiger partial charge in [-0.25, -0.2) is 4.79 Å². The van der Waals surface area contributed by atoms with E-state index in [9.17, 15) is 24.6 Å². The summed E-state index contributed by atoms with van der Waals surface area (Å²) in [5, 5.41) is 46.3. The Morgan fingerprint density at radius 1 is 1.06 bits per heavy atom. The zero-order valence-electron chi connectivity index (χ0n) is 9.48. The number of aliphatic hydroxyl groups excluding tert-OH is 4. The zero-order chi connectivity index (χ0) is 14.5. The van der Waals surface area contributed by atoms with E-state index in [0.717, 1.165) is 0 Å². The van der Waals surface area contributed by atoms with Gasteiger partial charge in [0.25, 0.3) is 5.91 Å². The first-order valence-corrected chi connectivity index (χ1v) is 4.30. The van der Waals surface area contributed by atoms with Crippen molar-refractivity contribution >= 4 is 17.8 Å². The lowest BCUT2D eigenvalue weighted by Crippen LogP contribution is -2.53. The van der Waals surface area contributed by atoms with Gasteiger partial charge < -0.3 is 25.5 Å². The van der Waals surface area contributed by atoms with Crippen LogP contribution in [0.2, 0.25) is 0 Å². The fraction of sp³-hybridized carbons (Fsp3) is 0.625. The minimum absolute atomic E-state index is 0.797. The molecule has 0 aromatic rings. The molecule has 98 valence electrons. The van der Waals surface area contributed by atoms with Gasteiger partial charge in [-0.2, -0.15) is 0 Å². The van der Waals surface area contributed by atoms with Crippen molar-refractivity contribution in [1.82, 2.24) is 5.32 Å². The molecule has 17 heavy (non-hydrogen) atoms. The Morgan fingerprint density at radius 3 is 1.94 bits per heavy atom. The second-order valence-corrected chi connectivity index (χ2v) is 3.12. The minimum atomic E-state index is -2.41. The van der Waals surface area contributed by atoms with E-state index in [0.29, 0.717) is 0 Å². The maximum absolute atomic E-state index is 11.1. The van der Waals surface area contributed by atoms with Crippen molar-refractivity contribution in [1.29, 1.82) is 0 Å². The Bertz CT molecular complexity index is 335. The van der Waals surface area contributed by atoms with E-state index in [1.54, 1.807) is 0 Å². The monoisotopic (exact) mass is 252 g/mol. The van der Waals surface area contributed by atoms with Gasteiger partial charge in [-0.15, -0.1) is 0 Å². The number of carboxylic acids is 1. The maximum atomic E-state index is 11.1. The van der Waals surface area contributed by atoms with Crippen LogP contribution in [-0.4, -0.2) is 67.7 Å². The molecule has 0 aromatic carbocycles. The summed E-state index contributed by atoms with van der Waals surface area (Å²) in [4.78, 5) is 32.0. The number of imide groups is 1. The summed E-state index contributed by atoms with van der Waals surface area (Å²) in [6.45, 7) is -0.797. The third kappa shape index (κ3) is 4.44. The summed E-state index contributed by atoms with van der Waals surface area (Å²) in [6.07, 6.45) is -9.37. The van der Waals surface area contributed by atoms with Crippen LogP contribution in [0.15, 0.2) is 0 Å². The normalized spacial score (nSPS) is 18.5. The molecule has 0 fully saturated rings. The summed E-state index contributed by atoms with van der Waals surface area (Å²) in [5.74, 6) is -4.34.